The molecular weight excluding hydrogens is 645 g/mol. The van der Waals surface area contributed by atoms with Crippen LogP contribution >= 0.6 is 0 Å². The summed E-state index contributed by atoms with van der Waals surface area (Å²) < 4.78 is 48.8. The highest BCUT2D eigenvalue weighted by atomic mass is 19.4. The summed E-state index contributed by atoms with van der Waals surface area (Å²) in [5.74, 6) is -0.416. The second-order valence-corrected chi connectivity index (χ2v) is 14.7. The number of nitrogens with one attached hydrogen (secondary N) is 2. The van der Waals surface area contributed by atoms with Crippen LogP contribution in [0, 0.1) is 23.2 Å². The van der Waals surface area contributed by atoms with Crippen LogP contribution in [0.5, 0.6) is 5.75 Å². The third kappa shape index (κ3) is 6.64. The number of aliphatic hydroxyl groups is 1. The molecule has 2 amide bonds. The average Bonchev–Trinajstić information content (AvgIpc) is 3.36. The molecule has 4 N–H and O–H groups in total. The third-order valence-electron chi connectivity index (χ3n) is 12.0. The molecule has 7 nitrogen and oxygen atoms in total. The fraction of sp³-hybridized carbons (Fsp3) is 0.500. The van der Waals surface area contributed by atoms with E-state index in [1.165, 1.54) is 35.4 Å². The number of methoxy groups -OCH3 is 1. The van der Waals surface area contributed by atoms with E-state index in [-0.39, 0.29) is 29.9 Å². The van der Waals surface area contributed by atoms with Gasteiger partial charge < -0.3 is 25.6 Å². The number of hydrogen-bond acceptors (Lipinski definition) is 5. The van der Waals surface area contributed by atoms with Gasteiger partial charge in [-0.15, -0.1) is 0 Å². The Balaban J connectivity index is 1.11. The quantitative estimate of drug-likeness (QED) is 0.170. The predicted molar refractivity (Wildman–Crippen MR) is 183 cm³/mol. The number of alkyl halides is 3. The van der Waals surface area contributed by atoms with E-state index >= 15 is 0 Å². The van der Waals surface area contributed by atoms with E-state index in [2.05, 4.69) is 23.6 Å². The molecule has 10 heteroatoms. The largest absolute Gasteiger partial charge is 0.508 e. The van der Waals surface area contributed by atoms with E-state index < -0.39 is 35.7 Å². The molecule has 3 aliphatic carbocycles. The number of hydrogen-bond donors (Lipinski definition) is 4. The Morgan fingerprint density at radius 3 is 2.40 bits per heavy atom. The van der Waals surface area contributed by atoms with Crippen LogP contribution in [0.1, 0.15) is 73.6 Å². The summed E-state index contributed by atoms with van der Waals surface area (Å²) in [6, 6.07) is 19.9. The second-order valence-electron chi connectivity index (χ2n) is 14.7. The van der Waals surface area contributed by atoms with Crippen LogP contribution in [-0.2, 0) is 32.8 Å². The number of rotatable bonds is 11. The van der Waals surface area contributed by atoms with Crippen LogP contribution in [0.4, 0.5) is 13.2 Å². The topological polar surface area (TPSA) is 108 Å². The Kier molecular flexibility index (Phi) is 10.3. The first-order valence-corrected chi connectivity index (χ1v) is 17.7. The van der Waals surface area contributed by atoms with Crippen molar-refractivity contribution in [3.05, 3.63) is 101 Å². The standard InChI is InChI=1S/C40H47F3N2O5/c1-38-20-19-31-30-18-16-29(46)23-26(30)15-17-32(31)33(38)24-27(35(38)47)12-9-21-44-36(48)34(22-25-10-5-3-6-11-25)45-37(49)39(50-2,40(41,42)43)28-13-7-4-8-14-28/h3-8,10-11,13-14,16,18,23,27,31-35,46-47H,9,12,15,17,19-22,24H2,1-2H3,(H,44,48)(H,45,49)/t27-,31+,32+,33-,34+,35-,38-,39-/m0/s1. The van der Waals surface area contributed by atoms with Crippen LogP contribution in [-0.4, -0.2) is 54.0 Å². The zero-order chi connectivity index (χ0) is 35.7. The van der Waals surface area contributed by atoms with Gasteiger partial charge in [-0.2, -0.15) is 13.2 Å². The molecule has 50 heavy (non-hydrogen) atoms. The van der Waals surface area contributed by atoms with Crippen LogP contribution in [0.25, 0.3) is 0 Å². The molecule has 0 bridgehead atoms. The lowest BCUT2D eigenvalue weighted by Gasteiger charge is -2.50. The molecule has 2 saturated carbocycles. The number of benzene rings is 3. The van der Waals surface area contributed by atoms with Crippen LogP contribution in [0.15, 0.2) is 78.9 Å². The first-order chi connectivity index (χ1) is 23.9. The van der Waals surface area contributed by atoms with Crippen molar-refractivity contribution in [2.45, 2.75) is 88.1 Å². The molecule has 3 aliphatic rings. The maximum absolute atomic E-state index is 14.6. The minimum atomic E-state index is -5.11. The Bertz CT molecular complexity index is 1650. The van der Waals surface area contributed by atoms with Gasteiger partial charge in [-0.3, -0.25) is 9.59 Å². The summed E-state index contributed by atoms with van der Waals surface area (Å²) in [6.07, 6.45) is 0.483. The van der Waals surface area contributed by atoms with Crippen molar-refractivity contribution in [2.75, 3.05) is 13.7 Å². The van der Waals surface area contributed by atoms with Gasteiger partial charge in [-0.25, -0.2) is 0 Å². The minimum absolute atomic E-state index is 0.0163. The van der Waals surface area contributed by atoms with Crippen LogP contribution in [0.3, 0.4) is 0 Å². The maximum atomic E-state index is 14.6. The van der Waals surface area contributed by atoms with Gasteiger partial charge in [-0.1, -0.05) is 73.7 Å². The Labute approximate surface area is 291 Å². The molecule has 8 atom stereocenters. The van der Waals surface area contributed by atoms with E-state index in [0.29, 0.717) is 41.9 Å². The fourth-order valence-corrected chi connectivity index (χ4v) is 9.44. The lowest BCUT2D eigenvalue weighted by Crippen LogP contribution is -2.60. The van der Waals surface area contributed by atoms with Crippen molar-refractivity contribution < 1.29 is 37.7 Å². The minimum Gasteiger partial charge on any atom is -0.508 e. The Morgan fingerprint density at radius 1 is 1.02 bits per heavy atom. The molecule has 3 aromatic rings. The lowest BCUT2D eigenvalue weighted by atomic mass is 9.55. The second kappa shape index (κ2) is 14.4. The van der Waals surface area contributed by atoms with Gasteiger partial charge in [0.15, 0.2) is 0 Å². The molecule has 0 heterocycles. The number of phenolic OH excluding ortho intramolecular Hbond substituents is 1. The number of aryl methyl sites for hydroxylation is 1. The van der Waals surface area contributed by atoms with E-state index in [0.717, 1.165) is 39.2 Å². The molecule has 0 aromatic heterocycles. The monoisotopic (exact) mass is 692 g/mol. The van der Waals surface area contributed by atoms with E-state index in [1.807, 2.05) is 6.07 Å². The molecule has 268 valence electrons. The fourth-order valence-electron chi connectivity index (χ4n) is 9.44. The van der Waals surface area contributed by atoms with Gasteiger partial charge in [0.2, 0.25) is 5.91 Å². The average molecular weight is 693 g/mol. The highest BCUT2D eigenvalue weighted by molar-refractivity contribution is 5.93. The van der Waals surface area contributed by atoms with Gasteiger partial charge in [0, 0.05) is 25.6 Å². The molecule has 0 radical (unpaired) electrons. The van der Waals surface area contributed by atoms with Gasteiger partial charge in [-0.05, 0) is 103 Å². The van der Waals surface area contributed by atoms with Crippen molar-refractivity contribution in [3.8, 4) is 5.75 Å². The van der Waals surface area contributed by atoms with Gasteiger partial charge in [0.25, 0.3) is 11.5 Å². The van der Waals surface area contributed by atoms with Crippen LogP contribution < -0.4 is 10.6 Å². The molecule has 0 unspecified atom stereocenters. The molecule has 0 aliphatic heterocycles. The molecule has 3 aromatic carbocycles. The number of aliphatic hydroxyl groups excluding tert-OH is 1. The van der Waals surface area contributed by atoms with Crippen molar-refractivity contribution in [3.63, 3.8) is 0 Å². The summed E-state index contributed by atoms with van der Waals surface area (Å²) in [6.45, 7) is 2.47. The highest BCUT2D eigenvalue weighted by Gasteiger charge is 2.63. The normalized spacial score (nSPS) is 27.6. The first kappa shape index (κ1) is 35.9. The van der Waals surface area contributed by atoms with Crippen molar-refractivity contribution in [1.82, 2.24) is 10.6 Å². The van der Waals surface area contributed by atoms with Gasteiger partial charge in [0.1, 0.15) is 11.8 Å². The van der Waals surface area contributed by atoms with Crippen LogP contribution in [0.2, 0.25) is 0 Å². The molecular formula is C40H47F3N2O5. The number of halogens is 3. The molecule has 2 fully saturated rings. The number of carbonyl (C=O) groups is 2. The lowest BCUT2D eigenvalue weighted by molar-refractivity contribution is -0.266. The number of aromatic hydroxyl groups is 1. The number of carbonyl (C=O) groups excluding carboxylic acids is 2. The Hall–Kier alpha value is -3.89. The zero-order valence-electron chi connectivity index (χ0n) is 28.6. The first-order valence-electron chi connectivity index (χ1n) is 17.7. The number of amides is 2. The highest BCUT2D eigenvalue weighted by Crippen LogP contribution is 2.62. The predicted octanol–water partition coefficient (Wildman–Crippen LogP) is 6.56. The summed E-state index contributed by atoms with van der Waals surface area (Å²) in [5, 5.41) is 26.8. The number of fused-ring (bicyclic) bond motifs is 5. The van der Waals surface area contributed by atoms with Crippen molar-refractivity contribution >= 4 is 11.8 Å². The maximum Gasteiger partial charge on any atom is 0.430 e. The summed E-state index contributed by atoms with van der Waals surface area (Å²) in [4.78, 5) is 27.1. The summed E-state index contributed by atoms with van der Waals surface area (Å²) in [7, 11) is 0.833. The third-order valence-corrected chi connectivity index (χ3v) is 12.0. The Morgan fingerprint density at radius 2 is 1.72 bits per heavy atom. The molecule has 6 rings (SSSR count). The number of phenols is 1. The van der Waals surface area contributed by atoms with Gasteiger partial charge >= 0.3 is 6.18 Å². The summed E-state index contributed by atoms with van der Waals surface area (Å²) in [5.41, 5.74) is -0.642. The van der Waals surface area contributed by atoms with E-state index in [4.69, 9.17) is 4.74 Å². The molecule has 0 spiro atoms. The van der Waals surface area contributed by atoms with Crippen molar-refractivity contribution in [1.29, 1.82) is 0 Å². The van der Waals surface area contributed by atoms with Crippen molar-refractivity contribution in [2.24, 2.45) is 23.2 Å². The smallest absolute Gasteiger partial charge is 0.430 e. The van der Waals surface area contributed by atoms with Gasteiger partial charge in [0.05, 0.1) is 6.10 Å². The van der Waals surface area contributed by atoms with E-state index in [1.54, 1.807) is 42.5 Å². The zero-order valence-corrected chi connectivity index (χ0v) is 28.6. The SMILES string of the molecule is CO[C@](C(=O)N[C@H](Cc1ccccc1)C(=O)NCCC[C@H]1C[C@H]2[C@@H]3CCc4cc(O)ccc4[C@H]3CC[C@]2(C)[C@H]1O)(c1ccccc1)C(F)(F)F. The number of ether oxygens (including phenoxy) is 1. The molecule has 0 saturated heterocycles. The van der Waals surface area contributed by atoms with E-state index in [9.17, 15) is 33.0 Å². The summed E-state index contributed by atoms with van der Waals surface area (Å²) >= 11 is 0.